The number of carbonyl (C=O) groups excluding carboxylic acids is 1. The highest BCUT2D eigenvalue weighted by Crippen LogP contribution is 2.17. The van der Waals surface area contributed by atoms with Crippen molar-refractivity contribution in [3.05, 3.63) is 35.4 Å². The summed E-state index contributed by atoms with van der Waals surface area (Å²) < 4.78 is 4.83. The minimum atomic E-state index is -0.0704. The van der Waals surface area contributed by atoms with E-state index < -0.39 is 0 Å². The van der Waals surface area contributed by atoms with E-state index in [1.165, 1.54) is 18.2 Å². The van der Waals surface area contributed by atoms with Crippen LogP contribution in [0.5, 0.6) is 0 Å². The summed E-state index contributed by atoms with van der Waals surface area (Å²) in [6.45, 7) is 8.18. The highest BCUT2D eigenvalue weighted by molar-refractivity contribution is 5.75. The lowest BCUT2D eigenvalue weighted by Gasteiger charge is -2.13. The molecule has 1 atom stereocenters. The third kappa shape index (κ3) is 10.1. The monoisotopic (exact) mass is 292 g/mol. The van der Waals surface area contributed by atoms with Crippen molar-refractivity contribution in [2.45, 2.75) is 53.4 Å². The first-order valence-corrected chi connectivity index (χ1v) is 7.30. The predicted octanol–water partition coefficient (Wildman–Crippen LogP) is 4.32. The van der Waals surface area contributed by atoms with Crippen molar-refractivity contribution < 1.29 is 9.53 Å². The maximum Gasteiger partial charge on any atom is 0.308 e. The molecule has 0 aromatic heterocycles. The second-order valence-electron chi connectivity index (χ2n) is 4.53. The van der Waals surface area contributed by atoms with Gasteiger partial charge in [-0.2, -0.15) is 0 Å². The van der Waals surface area contributed by atoms with E-state index in [9.17, 15) is 4.79 Å². The van der Waals surface area contributed by atoms with Gasteiger partial charge in [0.25, 0.3) is 0 Å². The molecule has 0 aliphatic carbocycles. The molecule has 0 spiro atoms. The molecule has 3 radical (unpaired) electrons. The fourth-order valence-corrected chi connectivity index (χ4v) is 1.99. The number of hydrogen-bond donors (Lipinski definition) is 1. The van der Waals surface area contributed by atoms with Crippen molar-refractivity contribution in [2.75, 3.05) is 7.11 Å². The number of methoxy groups -OCH3 is 1. The summed E-state index contributed by atoms with van der Waals surface area (Å²) in [4.78, 5) is 11.6. The van der Waals surface area contributed by atoms with Crippen molar-refractivity contribution >= 4 is 14.4 Å². The normalized spacial score (nSPS) is 10.1. The van der Waals surface area contributed by atoms with E-state index >= 15 is 0 Å². The van der Waals surface area contributed by atoms with Crippen LogP contribution in [0.3, 0.4) is 0 Å². The van der Waals surface area contributed by atoms with Gasteiger partial charge in [0.15, 0.2) is 0 Å². The third-order valence-electron chi connectivity index (χ3n) is 3.07. The molecule has 3 N–H and O–H groups in total. The third-order valence-corrected chi connectivity index (χ3v) is 3.07. The van der Waals surface area contributed by atoms with Gasteiger partial charge in [-0.3, -0.25) is 4.79 Å². The lowest BCUT2D eigenvalue weighted by atomic mass is 9.95. The fraction of sp³-hybridized carbons (Fsp3) is 0.588. The number of hydrogen-bond acceptors (Lipinski definition) is 3. The number of rotatable bonds is 6. The van der Waals surface area contributed by atoms with E-state index in [4.69, 9.17) is 4.74 Å². The molecule has 1 aromatic rings. The minimum absolute atomic E-state index is 0. The molecule has 0 fully saturated rings. The smallest absolute Gasteiger partial charge is 0.308 e. The van der Waals surface area contributed by atoms with Crippen molar-refractivity contribution in [3.8, 4) is 0 Å². The number of esters is 1. The van der Waals surface area contributed by atoms with Crippen LogP contribution in [-0.2, 0) is 16.0 Å². The molecule has 0 bridgehead atoms. The van der Waals surface area contributed by atoms with Crippen molar-refractivity contribution in [2.24, 2.45) is 5.92 Å². The Kier molecular flexibility index (Phi) is 17.8. The van der Waals surface area contributed by atoms with Crippen LogP contribution < -0.4 is 6.15 Å². The molecule has 0 aliphatic heterocycles. The lowest BCUT2D eigenvalue weighted by Crippen LogP contribution is -2.16. The summed E-state index contributed by atoms with van der Waals surface area (Å²) in [6, 6.07) is 8.50. The van der Waals surface area contributed by atoms with Gasteiger partial charge < -0.3 is 10.9 Å². The molecule has 1 aromatic carbocycles. The molecule has 0 heterocycles. The highest BCUT2D eigenvalue weighted by Gasteiger charge is 2.17. The highest BCUT2D eigenvalue weighted by atomic mass is 16.5. The zero-order chi connectivity index (χ0) is 14.7. The van der Waals surface area contributed by atoms with Crippen LogP contribution in [0.15, 0.2) is 24.3 Å². The number of benzene rings is 1. The summed E-state index contributed by atoms with van der Waals surface area (Å²) in [5.41, 5.74) is 2.56. The van der Waals surface area contributed by atoms with E-state index in [1.54, 1.807) is 0 Å². The van der Waals surface area contributed by atoms with E-state index in [0.717, 1.165) is 25.7 Å². The molecule has 0 saturated heterocycles. The first-order chi connectivity index (χ1) is 9.17. The van der Waals surface area contributed by atoms with E-state index in [-0.39, 0.29) is 26.5 Å². The number of ether oxygens (including phenoxy) is 1. The Morgan fingerprint density at radius 1 is 1.14 bits per heavy atom. The second-order valence-corrected chi connectivity index (χ2v) is 4.53. The first-order valence-electron chi connectivity index (χ1n) is 7.30. The number of aryl methyl sites for hydroxylation is 2. The quantitative estimate of drug-likeness (QED) is 0.627. The largest absolute Gasteiger partial charge is 0.469 e. The Labute approximate surface area is 132 Å². The second kappa shape index (κ2) is 15.1. The Bertz CT molecular complexity index is 352. The predicted molar refractivity (Wildman–Crippen MR) is 92.0 cm³/mol. The topological polar surface area (TPSA) is 61.3 Å². The molecular formula is C17H31BNO2. The molecule has 21 heavy (non-hydrogen) atoms. The SMILES string of the molecule is CC.CCCC(CCc1ccc(C)cc1)C(=O)OC.N.[B]. The molecule has 119 valence electrons. The summed E-state index contributed by atoms with van der Waals surface area (Å²) >= 11 is 0. The Hall–Kier alpha value is -1.29. The van der Waals surface area contributed by atoms with Crippen molar-refractivity contribution in [1.29, 1.82) is 0 Å². The maximum absolute atomic E-state index is 11.6. The molecule has 0 amide bonds. The van der Waals surface area contributed by atoms with Crippen molar-refractivity contribution in [3.63, 3.8) is 0 Å². The van der Waals surface area contributed by atoms with Crippen LogP contribution in [-0.4, -0.2) is 21.5 Å². The van der Waals surface area contributed by atoms with E-state index in [2.05, 4.69) is 38.1 Å². The van der Waals surface area contributed by atoms with Crippen LogP contribution >= 0.6 is 0 Å². The summed E-state index contributed by atoms with van der Waals surface area (Å²) in [7, 11) is 1.47. The van der Waals surface area contributed by atoms with Gasteiger partial charge in [0.2, 0.25) is 0 Å². The van der Waals surface area contributed by atoms with Gasteiger partial charge in [0, 0.05) is 8.41 Å². The standard InChI is InChI=1S/C15H22O2.C2H6.B.H3N/c1-4-5-14(15(16)17-3)11-10-13-8-6-12(2)7-9-13;1-2;;/h6-9,14H,4-5,10-11H2,1-3H3;1-2H3;;1H3. The van der Waals surface area contributed by atoms with Crippen LogP contribution in [0, 0.1) is 12.8 Å². The molecule has 0 saturated carbocycles. The van der Waals surface area contributed by atoms with Crippen LogP contribution in [0.25, 0.3) is 0 Å². The molecule has 4 heteroatoms. The summed E-state index contributed by atoms with van der Waals surface area (Å²) in [5.74, 6) is -0.0229. The van der Waals surface area contributed by atoms with Gasteiger partial charge in [0.1, 0.15) is 0 Å². The van der Waals surface area contributed by atoms with Crippen LogP contribution in [0.4, 0.5) is 0 Å². The van der Waals surface area contributed by atoms with Crippen LogP contribution in [0.1, 0.15) is 51.2 Å². The van der Waals surface area contributed by atoms with Gasteiger partial charge in [0.05, 0.1) is 13.0 Å². The van der Waals surface area contributed by atoms with Gasteiger partial charge >= 0.3 is 5.97 Å². The average molecular weight is 292 g/mol. The molecule has 1 rings (SSSR count). The molecule has 0 aliphatic rings. The number of carbonyl (C=O) groups is 1. The zero-order valence-electron chi connectivity index (χ0n) is 14.3. The van der Waals surface area contributed by atoms with Gasteiger partial charge in [-0.15, -0.1) is 0 Å². The molecule has 3 nitrogen and oxygen atoms in total. The Morgan fingerprint density at radius 2 is 1.67 bits per heavy atom. The maximum atomic E-state index is 11.6. The average Bonchev–Trinajstić information content (AvgIpc) is 2.46. The van der Waals surface area contributed by atoms with Crippen LogP contribution in [0.2, 0.25) is 0 Å². The minimum Gasteiger partial charge on any atom is -0.469 e. The van der Waals surface area contributed by atoms with Crippen molar-refractivity contribution in [1.82, 2.24) is 6.15 Å². The Morgan fingerprint density at radius 3 is 2.10 bits per heavy atom. The summed E-state index contributed by atoms with van der Waals surface area (Å²) in [6.07, 6.45) is 3.76. The summed E-state index contributed by atoms with van der Waals surface area (Å²) in [5, 5.41) is 0. The van der Waals surface area contributed by atoms with Gasteiger partial charge in [-0.1, -0.05) is 57.0 Å². The fourth-order valence-electron chi connectivity index (χ4n) is 1.99. The molecular weight excluding hydrogens is 261 g/mol. The lowest BCUT2D eigenvalue weighted by molar-refractivity contribution is -0.145. The first kappa shape index (κ1) is 24.7. The van der Waals surface area contributed by atoms with Gasteiger partial charge in [-0.05, 0) is 31.7 Å². The zero-order valence-corrected chi connectivity index (χ0v) is 14.3. The van der Waals surface area contributed by atoms with E-state index in [1.807, 2.05) is 13.8 Å². The van der Waals surface area contributed by atoms with Gasteiger partial charge in [-0.25, -0.2) is 0 Å². The Balaban J connectivity index is -0.000000774. The van der Waals surface area contributed by atoms with E-state index in [0.29, 0.717) is 0 Å². The molecule has 1 unspecified atom stereocenters.